The average molecular weight is 460 g/mol. The van der Waals surface area contributed by atoms with Crippen molar-refractivity contribution < 1.29 is 9.59 Å². The number of anilines is 1. The summed E-state index contributed by atoms with van der Waals surface area (Å²) in [5.74, 6) is 0.282. The maximum atomic E-state index is 13.3. The Morgan fingerprint density at radius 2 is 2.00 bits per heavy atom. The van der Waals surface area contributed by atoms with Crippen molar-refractivity contribution in [2.75, 3.05) is 11.1 Å². The molecule has 0 radical (unpaired) electrons. The van der Waals surface area contributed by atoms with Gasteiger partial charge in [-0.25, -0.2) is 9.67 Å². The maximum absolute atomic E-state index is 13.3. The lowest BCUT2D eigenvalue weighted by molar-refractivity contribution is -0.116. The first-order valence-corrected chi connectivity index (χ1v) is 11.5. The fourth-order valence-corrected chi connectivity index (χ4v) is 5.13. The summed E-state index contributed by atoms with van der Waals surface area (Å²) in [6, 6.07) is 14.3. The minimum Gasteiger partial charge on any atom is -0.326 e. The van der Waals surface area contributed by atoms with E-state index in [0.717, 1.165) is 11.3 Å². The average Bonchev–Trinajstić information content (AvgIpc) is 3.39. The molecule has 5 rings (SSSR count). The standard InChI is InChI=1S/C24H21N5O3S/c1-14-6-3-4-9-20(14)29-22-19(12-25-29)23(32)28-18(13-33-24(28)27-22)11-21(31)26-17-8-5-7-16(10-17)15(2)30/h3-10,12,18H,11,13H2,1-2H3,(H,26,31). The molecule has 1 aliphatic heterocycles. The quantitative estimate of drug-likeness (QED) is 0.360. The first-order valence-electron chi connectivity index (χ1n) is 10.5. The molecule has 4 aromatic rings. The molecule has 2 aromatic heterocycles. The highest BCUT2D eigenvalue weighted by Gasteiger charge is 2.29. The van der Waals surface area contributed by atoms with Crippen LogP contribution < -0.4 is 10.9 Å². The second-order valence-electron chi connectivity index (χ2n) is 8.00. The molecule has 33 heavy (non-hydrogen) atoms. The predicted molar refractivity (Wildman–Crippen MR) is 127 cm³/mol. The summed E-state index contributed by atoms with van der Waals surface area (Å²) in [7, 11) is 0. The van der Waals surface area contributed by atoms with Crippen LogP contribution in [0.2, 0.25) is 0 Å². The molecule has 0 fully saturated rings. The molecule has 2 aromatic carbocycles. The summed E-state index contributed by atoms with van der Waals surface area (Å²) < 4.78 is 3.29. The van der Waals surface area contributed by atoms with Crippen LogP contribution in [0, 0.1) is 6.92 Å². The molecule has 8 nitrogen and oxygen atoms in total. The van der Waals surface area contributed by atoms with Crippen molar-refractivity contribution in [2.45, 2.75) is 31.5 Å². The topological polar surface area (TPSA) is 98.9 Å². The van der Waals surface area contributed by atoms with Crippen LogP contribution in [0.5, 0.6) is 0 Å². The molecule has 3 heterocycles. The molecule has 0 spiro atoms. The van der Waals surface area contributed by atoms with Gasteiger partial charge in [-0.15, -0.1) is 0 Å². The van der Waals surface area contributed by atoms with Gasteiger partial charge >= 0.3 is 0 Å². The monoisotopic (exact) mass is 459 g/mol. The van der Waals surface area contributed by atoms with Crippen LogP contribution in [0.3, 0.4) is 0 Å². The zero-order valence-corrected chi connectivity index (χ0v) is 18.9. The van der Waals surface area contributed by atoms with Crippen molar-refractivity contribution in [3.05, 3.63) is 76.2 Å². The zero-order valence-electron chi connectivity index (χ0n) is 18.1. The van der Waals surface area contributed by atoms with E-state index in [1.165, 1.54) is 24.9 Å². The molecule has 0 saturated carbocycles. The highest BCUT2D eigenvalue weighted by Crippen LogP contribution is 2.33. The summed E-state index contributed by atoms with van der Waals surface area (Å²) in [4.78, 5) is 42.3. The Morgan fingerprint density at radius 3 is 2.79 bits per heavy atom. The van der Waals surface area contributed by atoms with Crippen molar-refractivity contribution in [2.24, 2.45) is 0 Å². The van der Waals surface area contributed by atoms with E-state index < -0.39 is 0 Å². The number of nitrogens with one attached hydrogen (secondary N) is 1. The smallest absolute Gasteiger partial charge is 0.265 e. The molecule has 0 saturated heterocycles. The van der Waals surface area contributed by atoms with E-state index in [4.69, 9.17) is 4.98 Å². The van der Waals surface area contributed by atoms with Gasteiger partial charge < -0.3 is 5.32 Å². The van der Waals surface area contributed by atoms with E-state index in [2.05, 4.69) is 10.4 Å². The van der Waals surface area contributed by atoms with E-state index in [1.54, 1.807) is 33.5 Å². The molecule has 1 amide bonds. The number of ketones is 1. The Morgan fingerprint density at radius 1 is 1.18 bits per heavy atom. The van der Waals surface area contributed by atoms with Gasteiger partial charge in [-0.05, 0) is 37.6 Å². The Balaban J connectivity index is 1.43. The van der Waals surface area contributed by atoms with Crippen LogP contribution in [-0.2, 0) is 4.79 Å². The molecule has 1 atom stereocenters. The van der Waals surface area contributed by atoms with Crippen molar-refractivity contribution >= 4 is 40.2 Å². The van der Waals surface area contributed by atoms with Crippen molar-refractivity contribution in [1.29, 1.82) is 0 Å². The van der Waals surface area contributed by atoms with Gasteiger partial charge in [-0.1, -0.05) is 42.1 Å². The van der Waals surface area contributed by atoms with Crippen molar-refractivity contribution in [1.82, 2.24) is 19.3 Å². The molecule has 1 aliphatic rings. The summed E-state index contributed by atoms with van der Waals surface area (Å²) >= 11 is 1.46. The molecule has 9 heteroatoms. The first kappa shape index (κ1) is 21.1. The van der Waals surface area contributed by atoms with Crippen LogP contribution >= 0.6 is 11.8 Å². The Bertz CT molecular complexity index is 1470. The number of benzene rings is 2. The number of aryl methyl sites for hydroxylation is 1. The normalized spacial score (nSPS) is 14.9. The Hall–Kier alpha value is -3.72. The third kappa shape index (κ3) is 3.84. The van der Waals surface area contributed by atoms with Gasteiger partial charge in [0.2, 0.25) is 5.91 Å². The molecule has 1 N–H and O–H groups in total. The first-order chi connectivity index (χ1) is 15.9. The predicted octanol–water partition coefficient (Wildman–Crippen LogP) is 3.77. The summed E-state index contributed by atoms with van der Waals surface area (Å²) in [6.45, 7) is 3.47. The molecule has 0 aliphatic carbocycles. The molecule has 0 bridgehead atoms. The van der Waals surface area contributed by atoms with Crippen LogP contribution in [0.25, 0.3) is 16.7 Å². The van der Waals surface area contributed by atoms with Gasteiger partial charge in [0.1, 0.15) is 5.39 Å². The third-order valence-electron chi connectivity index (χ3n) is 5.69. The molecule has 1 unspecified atom stereocenters. The number of carbonyl (C=O) groups excluding carboxylic acids is 2. The van der Waals surface area contributed by atoms with E-state index in [-0.39, 0.29) is 29.7 Å². The van der Waals surface area contributed by atoms with E-state index in [1.807, 2.05) is 31.2 Å². The van der Waals surface area contributed by atoms with E-state index in [0.29, 0.717) is 33.2 Å². The fraction of sp³-hybridized carbons (Fsp3) is 0.208. The van der Waals surface area contributed by atoms with E-state index in [9.17, 15) is 14.4 Å². The molecular formula is C24H21N5O3S. The van der Waals surface area contributed by atoms with Gasteiger partial charge in [0.15, 0.2) is 16.6 Å². The number of aromatic nitrogens is 4. The second-order valence-corrected chi connectivity index (χ2v) is 8.99. The van der Waals surface area contributed by atoms with Gasteiger partial charge in [0.05, 0.1) is 17.9 Å². The number of thioether (sulfide) groups is 1. The van der Waals surface area contributed by atoms with Crippen molar-refractivity contribution in [3.8, 4) is 5.69 Å². The lowest BCUT2D eigenvalue weighted by Gasteiger charge is -2.14. The number of carbonyl (C=O) groups is 2. The second kappa shape index (κ2) is 8.32. The fourth-order valence-electron chi connectivity index (χ4n) is 4.00. The van der Waals surface area contributed by atoms with Crippen LogP contribution in [0.4, 0.5) is 5.69 Å². The summed E-state index contributed by atoms with van der Waals surface area (Å²) in [5, 5.41) is 8.25. The highest BCUT2D eigenvalue weighted by atomic mass is 32.2. The van der Waals surface area contributed by atoms with Gasteiger partial charge in [-0.3, -0.25) is 19.0 Å². The SMILES string of the molecule is CC(=O)c1cccc(NC(=O)CC2CSc3nc4c(cnn4-c4ccccc4C)c(=O)n32)c1. The minimum absolute atomic E-state index is 0.0693. The van der Waals surface area contributed by atoms with Gasteiger partial charge in [0, 0.05) is 23.4 Å². The summed E-state index contributed by atoms with van der Waals surface area (Å²) in [5.41, 5.74) is 3.30. The van der Waals surface area contributed by atoms with Crippen LogP contribution in [-0.4, -0.2) is 36.8 Å². The number of hydrogen-bond acceptors (Lipinski definition) is 6. The van der Waals surface area contributed by atoms with Crippen LogP contribution in [0.15, 0.2) is 64.7 Å². The van der Waals surface area contributed by atoms with Gasteiger partial charge in [-0.2, -0.15) is 5.10 Å². The number of para-hydroxylation sites is 1. The number of Topliss-reactive ketones (excluding diaryl/α,β-unsaturated/α-hetero) is 1. The number of fused-ring (bicyclic) bond motifs is 2. The van der Waals surface area contributed by atoms with Gasteiger partial charge in [0.25, 0.3) is 5.56 Å². The Labute approximate surface area is 193 Å². The van der Waals surface area contributed by atoms with E-state index >= 15 is 0 Å². The third-order valence-corrected chi connectivity index (χ3v) is 6.79. The lowest BCUT2D eigenvalue weighted by Crippen LogP contribution is -2.27. The lowest BCUT2D eigenvalue weighted by atomic mass is 10.1. The van der Waals surface area contributed by atoms with Crippen LogP contribution in [0.1, 0.15) is 35.3 Å². The zero-order chi connectivity index (χ0) is 23.1. The summed E-state index contributed by atoms with van der Waals surface area (Å²) in [6.07, 6.45) is 1.67. The Kier molecular flexibility index (Phi) is 5.33. The highest BCUT2D eigenvalue weighted by molar-refractivity contribution is 7.99. The molecule has 166 valence electrons. The maximum Gasteiger partial charge on any atom is 0.265 e. The number of nitrogens with zero attached hydrogens (tertiary/aromatic N) is 4. The number of amides is 1. The largest absolute Gasteiger partial charge is 0.326 e. The van der Waals surface area contributed by atoms with Crippen molar-refractivity contribution in [3.63, 3.8) is 0 Å². The minimum atomic E-state index is -0.313. The number of hydrogen-bond donors (Lipinski definition) is 1. The number of rotatable bonds is 5. The molecular weight excluding hydrogens is 438 g/mol.